The van der Waals surface area contributed by atoms with Crippen LogP contribution in [-0.2, 0) is 0 Å². The van der Waals surface area contributed by atoms with Crippen molar-refractivity contribution in [3.8, 4) is 0 Å². The zero-order valence-electron chi connectivity index (χ0n) is 9.58. The van der Waals surface area contributed by atoms with Crippen molar-refractivity contribution in [2.45, 2.75) is 32.6 Å². The summed E-state index contributed by atoms with van der Waals surface area (Å²) in [6.07, 6.45) is 4.38. The molecule has 0 bridgehead atoms. The zero-order chi connectivity index (χ0) is 11.5. The Morgan fingerprint density at radius 2 is 2.38 bits per heavy atom. The van der Waals surface area contributed by atoms with Gasteiger partial charge in [0.1, 0.15) is 0 Å². The van der Waals surface area contributed by atoms with Gasteiger partial charge in [-0.3, -0.25) is 4.79 Å². The van der Waals surface area contributed by atoms with Crippen LogP contribution in [0.5, 0.6) is 0 Å². The van der Waals surface area contributed by atoms with E-state index in [2.05, 4.69) is 12.2 Å². The van der Waals surface area contributed by atoms with E-state index in [0.29, 0.717) is 5.69 Å². The van der Waals surface area contributed by atoms with Gasteiger partial charge in [-0.15, -0.1) is 11.3 Å². The molecule has 0 saturated heterocycles. The molecule has 1 heterocycles. The molecule has 3 N–H and O–H groups in total. The van der Waals surface area contributed by atoms with Crippen molar-refractivity contribution >= 4 is 27.8 Å². The van der Waals surface area contributed by atoms with Gasteiger partial charge in [-0.1, -0.05) is 13.3 Å². The maximum absolute atomic E-state index is 11.9. The van der Waals surface area contributed by atoms with Gasteiger partial charge in [0.05, 0.1) is 15.6 Å². The lowest BCUT2D eigenvalue weighted by Crippen LogP contribution is -2.01. The van der Waals surface area contributed by atoms with Gasteiger partial charge in [0, 0.05) is 12.5 Å². The quantitative estimate of drug-likeness (QED) is 0.591. The Morgan fingerprint density at radius 3 is 3.00 bits per heavy atom. The van der Waals surface area contributed by atoms with E-state index < -0.39 is 0 Å². The summed E-state index contributed by atoms with van der Waals surface area (Å²) in [5.41, 5.74) is 6.50. The highest BCUT2D eigenvalue weighted by Gasteiger charge is 2.32. The smallest absolute Gasteiger partial charge is 0.178 e. The third kappa shape index (κ3) is 2.55. The number of nitrogen functional groups attached to an aromatic ring is 1. The molecule has 0 aromatic carbocycles. The van der Waals surface area contributed by atoms with Gasteiger partial charge in [-0.25, -0.2) is 0 Å². The minimum Gasteiger partial charge on any atom is -0.397 e. The van der Waals surface area contributed by atoms with Gasteiger partial charge in [0.2, 0.25) is 0 Å². The summed E-state index contributed by atoms with van der Waals surface area (Å²) in [4.78, 5) is 12.6. The summed E-state index contributed by atoms with van der Waals surface area (Å²) in [5, 5.41) is 4.33. The summed E-state index contributed by atoms with van der Waals surface area (Å²) < 4.78 is 0. The third-order valence-corrected chi connectivity index (χ3v) is 3.89. The fourth-order valence-electron chi connectivity index (χ4n) is 1.60. The average Bonchev–Trinajstić information content (AvgIpc) is 3.03. The Morgan fingerprint density at radius 1 is 1.62 bits per heavy atom. The number of hydrogen-bond donors (Lipinski definition) is 2. The lowest BCUT2D eigenvalue weighted by molar-refractivity contribution is 0.0972. The predicted molar refractivity (Wildman–Crippen MR) is 69.2 cm³/mol. The highest BCUT2D eigenvalue weighted by molar-refractivity contribution is 7.18. The van der Waals surface area contributed by atoms with Crippen molar-refractivity contribution in [2.75, 3.05) is 17.6 Å². The molecule has 0 atom stereocenters. The van der Waals surface area contributed by atoms with E-state index in [0.717, 1.165) is 35.7 Å². The fraction of sp³-hybridized carbons (Fsp3) is 0.583. The number of ketones is 1. The lowest BCUT2D eigenvalue weighted by atomic mass is 10.2. The highest BCUT2D eigenvalue weighted by atomic mass is 32.1. The third-order valence-electron chi connectivity index (χ3n) is 2.76. The van der Waals surface area contributed by atoms with Gasteiger partial charge >= 0.3 is 0 Å². The van der Waals surface area contributed by atoms with E-state index in [1.165, 1.54) is 17.8 Å². The van der Waals surface area contributed by atoms with Crippen LogP contribution < -0.4 is 11.1 Å². The molecule has 0 unspecified atom stereocenters. The molecule has 4 heteroatoms. The van der Waals surface area contributed by atoms with Crippen LogP contribution in [0, 0.1) is 5.92 Å². The molecular weight excluding hydrogens is 220 g/mol. The minimum atomic E-state index is 0.242. The number of nitrogens with two attached hydrogens (primary N) is 1. The van der Waals surface area contributed by atoms with Crippen LogP contribution in [0.2, 0.25) is 0 Å². The van der Waals surface area contributed by atoms with Crippen LogP contribution in [-0.4, -0.2) is 12.3 Å². The van der Waals surface area contributed by atoms with Gasteiger partial charge in [-0.05, 0) is 25.3 Å². The summed E-state index contributed by atoms with van der Waals surface area (Å²) in [5.74, 6) is 0.496. The van der Waals surface area contributed by atoms with Crippen molar-refractivity contribution in [2.24, 2.45) is 5.92 Å². The molecular formula is C12H18N2OS. The largest absolute Gasteiger partial charge is 0.397 e. The maximum atomic E-state index is 11.9. The highest BCUT2D eigenvalue weighted by Crippen LogP contribution is 2.38. The number of carbonyl (C=O) groups excluding carboxylic acids is 1. The molecule has 0 radical (unpaired) electrons. The fourth-order valence-corrected chi connectivity index (χ4v) is 2.63. The van der Waals surface area contributed by atoms with E-state index in [1.54, 1.807) is 0 Å². The Kier molecular flexibility index (Phi) is 3.49. The van der Waals surface area contributed by atoms with E-state index in [1.807, 2.05) is 6.07 Å². The summed E-state index contributed by atoms with van der Waals surface area (Å²) in [7, 11) is 0. The molecule has 0 spiro atoms. The molecule has 1 aliphatic rings. The Labute approximate surface area is 100 Å². The van der Waals surface area contributed by atoms with Crippen molar-refractivity contribution in [1.82, 2.24) is 0 Å². The van der Waals surface area contributed by atoms with Crippen molar-refractivity contribution in [3.63, 3.8) is 0 Å². The molecule has 1 aliphatic carbocycles. The Hall–Kier alpha value is -1.03. The summed E-state index contributed by atoms with van der Waals surface area (Å²) in [6.45, 7) is 3.11. The van der Waals surface area contributed by atoms with Crippen LogP contribution in [0.3, 0.4) is 0 Å². The number of anilines is 2. The summed E-state index contributed by atoms with van der Waals surface area (Å²) in [6, 6.07) is 1.88. The van der Waals surface area contributed by atoms with Gasteiger partial charge < -0.3 is 11.1 Å². The van der Waals surface area contributed by atoms with Gasteiger partial charge in [-0.2, -0.15) is 0 Å². The SMILES string of the molecule is CCCCNc1cc(N)c(C(=O)C2CC2)s1. The monoisotopic (exact) mass is 238 g/mol. The number of thiophene rings is 1. The first-order chi connectivity index (χ1) is 7.72. The molecule has 2 rings (SSSR count). The van der Waals surface area contributed by atoms with Crippen LogP contribution in [0.25, 0.3) is 0 Å². The molecule has 1 fully saturated rings. The van der Waals surface area contributed by atoms with Crippen molar-refractivity contribution in [1.29, 1.82) is 0 Å². The molecule has 3 nitrogen and oxygen atoms in total. The Bertz CT molecular complexity index is 382. The number of unbranched alkanes of at least 4 members (excludes halogenated alkanes) is 1. The molecule has 1 saturated carbocycles. The van der Waals surface area contributed by atoms with Crippen LogP contribution in [0.4, 0.5) is 10.7 Å². The first-order valence-electron chi connectivity index (χ1n) is 5.89. The lowest BCUT2D eigenvalue weighted by Gasteiger charge is -2.00. The van der Waals surface area contributed by atoms with Crippen LogP contribution in [0.15, 0.2) is 6.07 Å². The predicted octanol–water partition coefficient (Wildman–Crippen LogP) is 3.14. The molecule has 1 aromatic rings. The van der Waals surface area contributed by atoms with Gasteiger partial charge in [0.25, 0.3) is 0 Å². The summed E-state index contributed by atoms with van der Waals surface area (Å²) >= 11 is 1.50. The molecule has 0 amide bonds. The second-order valence-corrected chi connectivity index (χ2v) is 5.37. The Balaban J connectivity index is 2.00. The number of Topliss-reactive ketones (excluding diaryl/α,β-unsaturated/α-hetero) is 1. The average molecular weight is 238 g/mol. The number of nitrogens with one attached hydrogen (secondary N) is 1. The van der Waals surface area contributed by atoms with E-state index in [-0.39, 0.29) is 11.7 Å². The zero-order valence-corrected chi connectivity index (χ0v) is 10.4. The van der Waals surface area contributed by atoms with Crippen LogP contribution in [0.1, 0.15) is 42.3 Å². The second kappa shape index (κ2) is 4.87. The molecule has 88 valence electrons. The number of carbonyl (C=O) groups is 1. The number of rotatable bonds is 6. The topological polar surface area (TPSA) is 55.1 Å². The first kappa shape index (κ1) is 11.5. The van der Waals surface area contributed by atoms with E-state index >= 15 is 0 Å². The van der Waals surface area contributed by atoms with Crippen molar-refractivity contribution in [3.05, 3.63) is 10.9 Å². The molecule has 16 heavy (non-hydrogen) atoms. The molecule has 1 aromatic heterocycles. The van der Waals surface area contributed by atoms with Crippen LogP contribution >= 0.6 is 11.3 Å². The van der Waals surface area contributed by atoms with E-state index in [9.17, 15) is 4.79 Å². The normalized spacial score (nSPS) is 15.1. The maximum Gasteiger partial charge on any atom is 0.178 e. The second-order valence-electron chi connectivity index (χ2n) is 4.31. The standard InChI is InChI=1S/C12H18N2OS/c1-2-3-6-14-10-7-9(13)12(16-10)11(15)8-4-5-8/h7-8,14H,2-6,13H2,1H3. The minimum absolute atomic E-state index is 0.242. The first-order valence-corrected chi connectivity index (χ1v) is 6.71. The molecule has 0 aliphatic heterocycles. The number of hydrogen-bond acceptors (Lipinski definition) is 4. The van der Waals surface area contributed by atoms with Crippen molar-refractivity contribution < 1.29 is 4.79 Å². The van der Waals surface area contributed by atoms with E-state index in [4.69, 9.17) is 5.73 Å². The van der Waals surface area contributed by atoms with Gasteiger partial charge in [0.15, 0.2) is 5.78 Å².